The summed E-state index contributed by atoms with van der Waals surface area (Å²) in [6.07, 6.45) is 2.32. The van der Waals surface area contributed by atoms with E-state index in [9.17, 15) is 4.79 Å². The van der Waals surface area contributed by atoms with Crippen molar-refractivity contribution >= 4 is 11.8 Å². The lowest BCUT2D eigenvalue weighted by molar-refractivity contribution is 0.108. The summed E-state index contributed by atoms with van der Waals surface area (Å²) in [5.74, 6) is 1.66. The van der Waals surface area contributed by atoms with Crippen molar-refractivity contribution < 1.29 is 14.1 Å². The number of rotatable bonds is 3. The highest BCUT2D eigenvalue weighted by atomic mass is 16.5. The summed E-state index contributed by atoms with van der Waals surface area (Å²) < 4.78 is 10.6. The molecule has 2 aliphatic heterocycles. The molecule has 0 aromatic carbocycles. The standard InChI is InChI=1S/C14H22N4O3/c1-11-9-13(16-21-11)17-4-6-18(7-5-17)14(19)15-10-12-3-2-8-20-12/h9,12H,2-8,10H2,1H3,(H,15,19). The van der Waals surface area contributed by atoms with E-state index >= 15 is 0 Å². The number of hydrogen-bond donors (Lipinski definition) is 1. The smallest absolute Gasteiger partial charge is 0.317 e. The number of anilines is 1. The van der Waals surface area contributed by atoms with Crippen LogP contribution in [0.15, 0.2) is 10.6 Å². The molecule has 2 aliphatic rings. The Morgan fingerprint density at radius 3 is 2.86 bits per heavy atom. The van der Waals surface area contributed by atoms with Crippen LogP contribution in [0.5, 0.6) is 0 Å². The lowest BCUT2D eigenvalue weighted by atomic mass is 10.2. The van der Waals surface area contributed by atoms with Crippen molar-refractivity contribution in [2.45, 2.75) is 25.9 Å². The lowest BCUT2D eigenvalue weighted by Gasteiger charge is -2.34. The predicted molar refractivity (Wildman–Crippen MR) is 77.4 cm³/mol. The summed E-state index contributed by atoms with van der Waals surface area (Å²) in [5, 5.41) is 6.98. The van der Waals surface area contributed by atoms with Gasteiger partial charge >= 0.3 is 6.03 Å². The average molecular weight is 294 g/mol. The number of ether oxygens (including phenoxy) is 1. The summed E-state index contributed by atoms with van der Waals surface area (Å²) in [6.45, 7) is 6.26. The van der Waals surface area contributed by atoms with Gasteiger partial charge in [0.05, 0.1) is 6.10 Å². The SMILES string of the molecule is Cc1cc(N2CCN(C(=O)NCC3CCCO3)CC2)no1. The third kappa shape index (κ3) is 3.47. The summed E-state index contributed by atoms with van der Waals surface area (Å²) in [5.41, 5.74) is 0. The highest BCUT2D eigenvalue weighted by Crippen LogP contribution is 2.16. The van der Waals surface area contributed by atoms with Gasteiger partial charge in [-0.3, -0.25) is 0 Å². The van der Waals surface area contributed by atoms with Crippen molar-refractivity contribution in [3.8, 4) is 0 Å². The van der Waals surface area contributed by atoms with Crippen molar-refractivity contribution in [1.29, 1.82) is 0 Å². The van der Waals surface area contributed by atoms with E-state index in [0.717, 1.165) is 44.1 Å². The Morgan fingerprint density at radius 2 is 2.24 bits per heavy atom. The molecule has 1 unspecified atom stereocenters. The monoisotopic (exact) mass is 294 g/mol. The predicted octanol–water partition coefficient (Wildman–Crippen LogP) is 0.994. The molecule has 3 rings (SSSR count). The quantitative estimate of drug-likeness (QED) is 0.900. The van der Waals surface area contributed by atoms with Crippen LogP contribution in [0.25, 0.3) is 0 Å². The zero-order valence-electron chi connectivity index (χ0n) is 12.4. The fourth-order valence-corrected chi connectivity index (χ4v) is 2.76. The van der Waals surface area contributed by atoms with Crippen molar-refractivity contribution in [1.82, 2.24) is 15.4 Å². The lowest BCUT2D eigenvalue weighted by Crippen LogP contribution is -2.52. The first-order valence-corrected chi connectivity index (χ1v) is 7.55. The third-order valence-corrected chi connectivity index (χ3v) is 4.01. The fraction of sp³-hybridized carbons (Fsp3) is 0.714. The maximum Gasteiger partial charge on any atom is 0.317 e. The topological polar surface area (TPSA) is 70.8 Å². The van der Waals surface area contributed by atoms with Crippen LogP contribution >= 0.6 is 0 Å². The molecule has 2 amide bonds. The molecule has 116 valence electrons. The number of aryl methyl sites for hydroxylation is 1. The summed E-state index contributed by atoms with van der Waals surface area (Å²) in [4.78, 5) is 16.1. The van der Waals surface area contributed by atoms with Gasteiger partial charge in [-0.25, -0.2) is 4.79 Å². The Hall–Kier alpha value is -1.76. The van der Waals surface area contributed by atoms with E-state index < -0.39 is 0 Å². The molecule has 3 heterocycles. The molecule has 0 bridgehead atoms. The number of carbonyl (C=O) groups is 1. The Kier molecular flexibility index (Phi) is 4.28. The van der Waals surface area contributed by atoms with E-state index in [-0.39, 0.29) is 12.1 Å². The number of carbonyl (C=O) groups excluding carboxylic acids is 1. The molecule has 21 heavy (non-hydrogen) atoms. The van der Waals surface area contributed by atoms with E-state index in [1.54, 1.807) is 0 Å². The van der Waals surface area contributed by atoms with E-state index in [4.69, 9.17) is 9.26 Å². The molecule has 7 heteroatoms. The molecule has 7 nitrogen and oxygen atoms in total. The molecule has 2 fully saturated rings. The largest absolute Gasteiger partial charge is 0.376 e. The molecule has 1 N–H and O–H groups in total. The normalized spacial score (nSPS) is 22.6. The highest BCUT2D eigenvalue weighted by molar-refractivity contribution is 5.74. The highest BCUT2D eigenvalue weighted by Gasteiger charge is 2.24. The second-order valence-electron chi connectivity index (χ2n) is 5.59. The van der Waals surface area contributed by atoms with Gasteiger partial charge in [0.15, 0.2) is 5.82 Å². The van der Waals surface area contributed by atoms with Crippen LogP contribution in [0.4, 0.5) is 10.6 Å². The molecule has 1 aromatic heterocycles. The van der Waals surface area contributed by atoms with Crippen LogP contribution in [-0.2, 0) is 4.74 Å². The van der Waals surface area contributed by atoms with E-state index in [1.807, 2.05) is 17.9 Å². The van der Waals surface area contributed by atoms with Crippen LogP contribution in [0.3, 0.4) is 0 Å². The number of amides is 2. The van der Waals surface area contributed by atoms with Gasteiger partial charge in [0, 0.05) is 45.4 Å². The van der Waals surface area contributed by atoms with Gasteiger partial charge in [0.1, 0.15) is 5.76 Å². The molecule has 1 aromatic rings. The Bertz CT molecular complexity index is 476. The molecular formula is C14H22N4O3. The minimum Gasteiger partial charge on any atom is -0.376 e. The van der Waals surface area contributed by atoms with Gasteiger partial charge in [-0.2, -0.15) is 0 Å². The number of piperazine rings is 1. The minimum absolute atomic E-state index is 0.00137. The van der Waals surface area contributed by atoms with Crippen molar-refractivity contribution in [3.63, 3.8) is 0 Å². The van der Waals surface area contributed by atoms with Crippen LogP contribution in [0, 0.1) is 6.92 Å². The summed E-state index contributed by atoms with van der Waals surface area (Å²) >= 11 is 0. The second kappa shape index (κ2) is 6.34. The third-order valence-electron chi connectivity index (χ3n) is 4.01. The molecular weight excluding hydrogens is 272 g/mol. The van der Waals surface area contributed by atoms with E-state index in [2.05, 4.69) is 15.4 Å². The number of nitrogens with one attached hydrogen (secondary N) is 1. The van der Waals surface area contributed by atoms with E-state index in [0.29, 0.717) is 19.6 Å². The molecule has 0 aliphatic carbocycles. The van der Waals surface area contributed by atoms with Gasteiger partial charge in [-0.05, 0) is 19.8 Å². The van der Waals surface area contributed by atoms with Crippen molar-refractivity contribution in [3.05, 3.63) is 11.8 Å². The Morgan fingerprint density at radius 1 is 1.43 bits per heavy atom. The minimum atomic E-state index is 0.00137. The first-order chi connectivity index (χ1) is 10.2. The van der Waals surface area contributed by atoms with Gasteiger partial charge < -0.3 is 24.4 Å². The number of aromatic nitrogens is 1. The zero-order chi connectivity index (χ0) is 14.7. The maximum atomic E-state index is 12.1. The van der Waals surface area contributed by atoms with Gasteiger partial charge in [-0.15, -0.1) is 0 Å². The Balaban J connectivity index is 1.43. The first-order valence-electron chi connectivity index (χ1n) is 7.55. The van der Waals surface area contributed by atoms with Crippen molar-refractivity contribution in [2.75, 3.05) is 44.2 Å². The Labute approximate surface area is 124 Å². The molecule has 0 radical (unpaired) electrons. The van der Waals surface area contributed by atoms with Gasteiger partial charge in [0.25, 0.3) is 0 Å². The zero-order valence-corrected chi connectivity index (χ0v) is 12.4. The summed E-state index contributed by atoms with van der Waals surface area (Å²) in [6, 6.07) is 1.93. The number of hydrogen-bond acceptors (Lipinski definition) is 5. The number of nitrogens with zero attached hydrogens (tertiary/aromatic N) is 3. The average Bonchev–Trinajstić information content (AvgIpc) is 3.16. The molecule has 1 atom stereocenters. The van der Waals surface area contributed by atoms with Crippen LogP contribution in [0.1, 0.15) is 18.6 Å². The summed E-state index contributed by atoms with van der Waals surface area (Å²) in [7, 11) is 0. The first kappa shape index (κ1) is 14.2. The van der Waals surface area contributed by atoms with Gasteiger partial charge in [-0.1, -0.05) is 5.16 Å². The van der Waals surface area contributed by atoms with E-state index in [1.165, 1.54) is 0 Å². The van der Waals surface area contributed by atoms with Crippen molar-refractivity contribution in [2.24, 2.45) is 0 Å². The molecule has 2 saturated heterocycles. The van der Waals surface area contributed by atoms with Crippen LogP contribution < -0.4 is 10.2 Å². The molecule has 0 saturated carbocycles. The second-order valence-corrected chi connectivity index (χ2v) is 5.59. The number of urea groups is 1. The van der Waals surface area contributed by atoms with Crippen LogP contribution in [-0.4, -0.2) is 61.5 Å². The molecule has 0 spiro atoms. The maximum absolute atomic E-state index is 12.1. The van der Waals surface area contributed by atoms with Gasteiger partial charge in [0.2, 0.25) is 0 Å². The fourth-order valence-electron chi connectivity index (χ4n) is 2.76. The van der Waals surface area contributed by atoms with Crippen LogP contribution in [0.2, 0.25) is 0 Å².